The van der Waals surface area contributed by atoms with Crippen LogP contribution in [0.1, 0.15) is 47.3 Å². The average molecular weight is 372 g/mol. The summed E-state index contributed by atoms with van der Waals surface area (Å²) in [7, 11) is -3.29. The zero-order valence-electron chi connectivity index (χ0n) is 15.1. The van der Waals surface area contributed by atoms with E-state index in [0.29, 0.717) is 24.2 Å². The maximum atomic E-state index is 12.6. The van der Waals surface area contributed by atoms with Gasteiger partial charge in [0.1, 0.15) is 0 Å². The third kappa shape index (κ3) is 4.07. The summed E-state index contributed by atoms with van der Waals surface area (Å²) in [6.45, 7) is 4.42. The fourth-order valence-corrected chi connectivity index (χ4v) is 4.73. The lowest BCUT2D eigenvalue weighted by molar-refractivity contribution is 0.0940. The molecule has 3 rings (SSSR count). The van der Waals surface area contributed by atoms with Crippen molar-refractivity contribution in [2.24, 2.45) is 0 Å². The quantitative estimate of drug-likeness (QED) is 0.894. The smallest absolute Gasteiger partial charge is 0.251 e. The Hall–Kier alpha value is -2.34. The van der Waals surface area contributed by atoms with Crippen LogP contribution in [0.15, 0.2) is 48.5 Å². The fourth-order valence-electron chi connectivity index (χ4n) is 3.10. The van der Waals surface area contributed by atoms with Gasteiger partial charge in [-0.15, -0.1) is 0 Å². The number of carbonyl (C=O) groups is 1. The minimum atomic E-state index is -3.29. The van der Waals surface area contributed by atoms with E-state index in [-0.39, 0.29) is 17.7 Å². The molecule has 1 atom stereocenters. The summed E-state index contributed by atoms with van der Waals surface area (Å²) in [6, 6.07) is 14.7. The number of carbonyl (C=O) groups excluding carboxylic acids is 1. The minimum Gasteiger partial charge on any atom is -0.346 e. The first-order valence-electron chi connectivity index (χ1n) is 8.85. The van der Waals surface area contributed by atoms with E-state index in [1.54, 1.807) is 24.3 Å². The molecule has 0 bridgehead atoms. The highest BCUT2D eigenvalue weighted by Gasteiger charge is 2.26. The fraction of sp³-hybridized carbons (Fsp3) is 0.350. The molecule has 2 aromatic carbocycles. The average Bonchev–Trinajstić information content (AvgIpc) is 2.62. The molecule has 1 fully saturated rings. The van der Waals surface area contributed by atoms with Gasteiger partial charge in [0.2, 0.25) is 10.0 Å². The molecule has 6 heteroatoms. The summed E-state index contributed by atoms with van der Waals surface area (Å²) in [5.41, 5.74) is 3.21. The van der Waals surface area contributed by atoms with Gasteiger partial charge in [-0.05, 0) is 50.5 Å². The van der Waals surface area contributed by atoms with Gasteiger partial charge < -0.3 is 5.32 Å². The van der Waals surface area contributed by atoms with Gasteiger partial charge in [0.05, 0.1) is 17.5 Å². The van der Waals surface area contributed by atoms with E-state index >= 15 is 0 Å². The van der Waals surface area contributed by atoms with Crippen molar-refractivity contribution in [3.63, 3.8) is 0 Å². The van der Waals surface area contributed by atoms with Gasteiger partial charge in [0.25, 0.3) is 5.91 Å². The molecule has 0 saturated carbocycles. The molecule has 5 nitrogen and oxygen atoms in total. The monoisotopic (exact) mass is 372 g/mol. The van der Waals surface area contributed by atoms with Crippen molar-refractivity contribution in [2.45, 2.75) is 32.7 Å². The number of sulfonamides is 1. The van der Waals surface area contributed by atoms with Gasteiger partial charge in [-0.1, -0.05) is 35.9 Å². The Morgan fingerprint density at radius 3 is 2.54 bits per heavy atom. The molecule has 1 N–H and O–H groups in total. The highest BCUT2D eigenvalue weighted by Crippen LogP contribution is 2.24. The zero-order valence-corrected chi connectivity index (χ0v) is 15.9. The third-order valence-corrected chi connectivity index (χ3v) is 6.54. The maximum Gasteiger partial charge on any atom is 0.251 e. The maximum absolute atomic E-state index is 12.6. The minimum absolute atomic E-state index is 0.134. The molecule has 1 saturated heterocycles. The number of anilines is 1. The molecule has 0 aromatic heterocycles. The van der Waals surface area contributed by atoms with Crippen LogP contribution in [0, 0.1) is 6.92 Å². The SMILES string of the molecule is Cc1ccc(C(C)NC(=O)c2cccc(N3CCCCS3(=O)=O)c2)cc1. The van der Waals surface area contributed by atoms with Crippen LogP contribution in [0.3, 0.4) is 0 Å². The Bertz CT molecular complexity index is 892. The van der Waals surface area contributed by atoms with Crippen LogP contribution in [-0.4, -0.2) is 26.6 Å². The normalized spacial score (nSPS) is 17.5. The summed E-state index contributed by atoms with van der Waals surface area (Å²) in [5.74, 6) is -0.0530. The van der Waals surface area contributed by atoms with Crippen molar-refractivity contribution in [3.8, 4) is 0 Å². The molecule has 1 unspecified atom stereocenters. The lowest BCUT2D eigenvalue weighted by atomic mass is 10.1. The van der Waals surface area contributed by atoms with E-state index in [4.69, 9.17) is 0 Å². The molecule has 1 amide bonds. The van der Waals surface area contributed by atoms with Gasteiger partial charge in [-0.3, -0.25) is 9.10 Å². The van der Waals surface area contributed by atoms with E-state index in [9.17, 15) is 13.2 Å². The van der Waals surface area contributed by atoms with E-state index in [1.807, 2.05) is 38.1 Å². The predicted octanol–water partition coefficient (Wildman–Crippen LogP) is 3.42. The van der Waals surface area contributed by atoms with E-state index in [2.05, 4.69) is 5.32 Å². The summed E-state index contributed by atoms with van der Waals surface area (Å²) in [5, 5.41) is 2.98. The molecule has 0 aliphatic carbocycles. The van der Waals surface area contributed by atoms with E-state index in [0.717, 1.165) is 12.0 Å². The second-order valence-electron chi connectivity index (χ2n) is 6.75. The lowest BCUT2D eigenvalue weighted by Gasteiger charge is -2.28. The van der Waals surface area contributed by atoms with Crippen LogP contribution in [-0.2, 0) is 10.0 Å². The molecule has 0 radical (unpaired) electrons. The molecule has 26 heavy (non-hydrogen) atoms. The van der Waals surface area contributed by atoms with Crippen LogP contribution >= 0.6 is 0 Å². The Morgan fingerprint density at radius 1 is 1.12 bits per heavy atom. The molecule has 1 aliphatic heterocycles. The van der Waals surface area contributed by atoms with E-state index < -0.39 is 10.0 Å². The van der Waals surface area contributed by atoms with Crippen molar-refractivity contribution >= 4 is 21.6 Å². The molecule has 1 aliphatic rings. The highest BCUT2D eigenvalue weighted by atomic mass is 32.2. The van der Waals surface area contributed by atoms with Gasteiger partial charge in [-0.2, -0.15) is 0 Å². The second kappa shape index (κ2) is 7.50. The van der Waals surface area contributed by atoms with Gasteiger partial charge in [0, 0.05) is 12.1 Å². The Kier molecular flexibility index (Phi) is 5.32. The zero-order chi connectivity index (χ0) is 18.7. The highest BCUT2D eigenvalue weighted by molar-refractivity contribution is 7.92. The Balaban J connectivity index is 1.77. The third-order valence-electron chi connectivity index (χ3n) is 4.67. The second-order valence-corrected chi connectivity index (χ2v) is 8.76. The van der Waals surface area contributed by atoms with Crippen LogP contribution in [0.5, 0.6) is 0 Å². The first kappa shape index (κ1) is 18.5. The Morgan fingerprint density at radius 2 is 1.85 bits per heavy atom. The van der Waals surface area contributed by atoms with Crippen LogP contribution in [0.25, 0.3) is 0 Å². The molecule has 138 valence electrons. The van der Waals surface area contributed by atoms with Gasteiger partial charge >= 0.3 is 0 Å². The lowest BCUT2D eigenvalue weighted by Crippen LogP contribution is -2.38. The number of nitrogens with zero attached hydrogens (tertiary/aromatic N) is 1. The van der Waals surface area contributed by atoms with Crippen LogP contribution in [0.4, 0.5) is 5.69 Å². The summed E-state index contributed by atoms with van der Waals surface area (Å²) in [6.07, 6.45) is 1.52. The van der Waals surface area contributed by atoms with Gasteiger partial charge in [0.15, 0.2) is 0 Å². The standard InChI is InChI=1S/C20H24N2O3S/c1-15-8-10-17(11-9-15)16(2)21-20(23)18-6-5-7-19(14-18)22-12-3-4-13-26(22,24)25/h5-11,14,16H,3-4,12-13H2,1-2H3,(H,21,23). The molecule has 0 spiro atoms. The topological polar surface area (TPSA) is 66.5 Å². The van der Waals surface area contributed by atoms with Gasteiger partial charge in [-0.25, -0.2) is 8.42 Å². The summed E-state index contributed by atoms with van der Waals surface area (Å²) in [4.78, 5) is 12.6. The van der Waals surface area contributed by atoms with Crippen molar-refractivity contribution in [3.05, 3.63) is 65.2 Å². The number of rotatable bonds is 4. The number of hydrogen-bond acceptors (Lipinski definition) is 3. The molecule has 1 heterocycles. The molecular formula is C20H24N2O3S. The van der Waals surface area contributed by atoms with Crippen LogP contribution in [0.2, 0.25) is 0 Å². The number of amides is 1. The van der Waals surface area contributed by atoms with Crippen molar-refractivity contribution in [1.29, 1.82) is 0 Å². The van der Waals surface area contributed by atoms with Crippen LogP contribution < -0.4 is 9.62 Å². The van der Waals surface area contributed by atoms with Crippen molar-refractivity contribution in [1.82, 2.24) is 5.32 Å². The summed E-state index contributed by atoms with van der Waals surface area (Å²) < 4.78 is 26.0. The number of aryl methyl sites for hydroxylation is 1. The largest absolute Gasteiger partial charge is 0.346 e. The number of benzene rings is 2. The first-order valence-corrected chi connectivity index (χ1v) is 10.5. The number of hydrogen-bond donors (Lipinski definition) is 1. The van der Waals surface area contributed by atoms with Crippen molar-refractivity contribution in [2.75, 3.05) is 16.6 Å². The predicted molar refractivity (Wildman–Crippen MR) is 104 cm³/mol. The van der Waals surface area contributed by atoms with Crippen molar-refractivity contribution < 1.29 is 13.2 Å². The summed E-state index contributed by atoms with van der Waals surface area (Å²) >= 11 is 0. The molecule has 2 aromatic rings. The number of nitrogens with one attached hydrogen (secondary N) is 1. The Labute approximate surface area is 155 Å². The van der Waals surface area contributed by atoms with E-state index in [1.165, 1.54) is 9.87 Å². The molecular weight excluding hydrogens is 348 g/mol. The first-order chi connectivity index (χ1) is 12.4.